The largest absolute Gasteiger partial charge is 0.396 e. The minimum absolute atomic E-state index is 0.0168. The van der Waals surface area contributed by atoms with E-state index in [-0.39, 0.29) is 5.78 Å². The maximum Gasteiger partial charge on any atom is 0.163 e. The Bertz CT molecular complexity index is 1110. The number of hydrogen-bond acceptors (Lipinski definition) is 7. The molecule has 0 aliphatic carbocycles. The van der Waals surface area contributed by atoms with Gasteiger partial charge in [-0.1, -0.05) is 72.8 Å². The molecule has 0 unspecified atom stereocenters. The minimum atomic E-state index is -1.11. The molecule has 5 N–H and O–H groups in total. The average molecular weight is 464 g/mol. The number of nitrogens with one attached hydrogen (secondary N) is 1. The molecule has 4 rings (SSSR count). The lowest BCUT2D eigenvalue weighted by atomic mass is 9.88. The van der Waals surface area contributed by atoms with E-state index in [9.17, 15) is 4.79 Å². The lowest BCUT2D eigenvalue weighted by Gasteiger charge is -2.26. The predicted molar refractivity (Wildman–Crippen MR) is 130 cm³/mol. The summed E-state index contributed by atoms with van der Waals surface area (Å²) < 4.78 is 0. The first-order valence-electron chi connectivity index (χ1n) is 10.9. The standard InChI is InChI=1S/C22H17NO2.C5H12O4/c1-15(24)18-13-8-14-19-21(18)20(16-9-4-2-5-10-16)22(23-25-19)17-11-6-3-7-12-17;6-1-5(2-7,3-8)4-9/h2-14,23H,1H3;6-9H,1-4H2. The van der Waals surface area contributed by atoms with E-state index >= 15 is 0 Å². The van der Waals surface area contributed by atoms with Crippen LogP contribution in [-0.4, -0.2) is 52.6 Å². The van der Waals surface area contributed by atoms with E-state index < -0.39 is 31.8 Å². The number of aliphatic hydroxyl groups is 4. The number of fused-ring (bicyclic) bond motifs is 1. The highest BCUT2D eigenvalue weighted by molar-refractivity contribution is 6.08. The Morgan fingerprint density at radius 1 is 0.765 bits per heavy atom. The topological polar surface area (TPSA) is 119 Å². The first-order valence-corrected chi connectivity index (χ1v) is 10.9. The van der Waals surface area contributed by atoms with Crippen molar-refractivity contribution in [3.8, 4) is 5.75 Å². The van der Waals surface area contributed by atoms with Gasteiger partial charge in [-0.25, -0.2) is 5.48 Å². The van der Waals surface area contributed by atoms with Gasteiger partial charge in [0, 0.05) is 22.3 Å². The van der Waals surface area contributed by atoms with Crippen LogP contribution in [0.15, 0.2) is 78.9 Å². The summed E-state index contributed by atoms with van der Waals surface area (Å²) in [5.41, 5.74) is 7.32. The van der Waals surface area contributed by atoms with Gasteiger partial charge in [-0.3, -0.25) is 4.79 Å². The summed E-state index contributed by atoms with van der Waals surface area (Å²) in [6.45, 7) is -0.0392. The van der Waals surface area contributed by atoms with Gasteiger partial charge in [-0.05, 0) is 18.6 Å². The quantitative estimate of drug-likeness (QED) is 0.342. The van der Waals surface area contributed by atoms with Crippen molar-refractivity contribution in [3.63, 3.8) is 0 Å². The molecule has 0 atom stereocenters. The Kier molecular flexibility index (Phi) is 8.56. The first kappa shape index (κ1) is 25.1. The van der Waals surface area contributed by atoms with Crippen molar-refractivity contribution in [1.82, 2.24) is 5.48 Å². The number of aliphatic hydroxyl groups excluding tert-OH is 4. The van der Waals surface area contributed by atoms with Crippen LogP contribution in [0.1, 0.15) is 34.0 Å². The third-order valence-electron chi connectivity index (χ3n) is 5.64. The van der Waals surface area contributed by atoms with Gasteiger partial charge in [-0.15, -0.1) is 0 Å². The zero-order valence-electron chi connectivity index (χ0n) is 18.9. The number of rotatable bonds is 7. The third kappa shape index (κ3) is 5.35. The minimum Gasteiger partial charge on any atom is -0.396 e. The Labute approximate surface area is 198 Å². The maximum absolute atomic E-state index is 12.2. The number of carbonyl (C=O) groups excluding carboxylic acids is 1. The SMILES string of the molecule is CC(=O)c1cccc2c1C(c1ccccc1)=C(c1ccccc1)NO2.OCC(CO)(CO)CO. The summed E-state index contributed by atoms with van der Waals surface area (Å²) in [6, 6.07) is 25.6. The fraction of sp³-hybridized carbons (Fsp3) is 0.222. The molecule has 3 aromatic rings. The summed E-state index contributed by atoms with van der Waals surface area (Å²) in [7, 11) is 0. The number of benzene rings is 3. The van der Waals surface area contributed by atoms with Gasteiger partial charge in [0.25, 0.3) is 0 Å². The Balaban J connectivity index is 0.000000309. The fourth-order valence-corrected chi connectivity index (χ4v) is 3.45. The van der Waals surface area contributed by atoms with Crippen LogP contribution in [0.3, 0.4) is 0 Å². The molecule has 0 saturated carbocycles. The number of hydrogen-bond donors (Lipinski definition) is 5. The van der Waals surface area contributed by atoms with Crippen molar-refractivity contribution < 1.29 is 30.1 Å². The number of carbonyl (C=O) groups is 1. The molecule has 0 bridgehead atoms. The molecule has 1 aliphatic heterocycles. The highest BCUT2D eigenvalue weighted by atomic mass is 16.6. The van der Waals surface area contributed by atoms with E-state index in [4.69, 9.17) is 25.3 Å². The van der Waals surface area contributed by atoms with Crippen LogP contribution in [0.4, 0.5) is 0 Å². The molecule has 0 fully saturated rings. The molecule has 34 heavy (non-hydrogen) atoms. The molecule has 7 nitrogen and oxygen atoms in total. The van der Waals surface area contributed by atoms with E-state index in [1.54, 1.807) is 6.92 Å². The van der Waals surface area contributed by atoms with Gasteiger partial charge in [0.1, 0.15) is 0 Å². The highest BCUT2D eigenvalue weighted by Crippen LogP contribution is 2.41. The summed E-state index contributed by atoms with van der Waals surface area (Å²) in [5.74, 6) is 0.675. The third-order valence-corrected chi connectivity index (χ3v) is 5.64. The van der Waals surface area contributed by atoms with Crippen LogP contribution < -0.4 is 10.3 Å². The van der Waals surface area contributed by atoms with Gasteiger partial charge in [0.05, 0.1) is 37.5 Å². The second-order valence-corrected chi connectivity index (χ2v) is 8.05. The second kappa shape index (κ2) is 11.6. The maximum atomic E-state index is 12.2. The predicted octanol–water partition coefficient (Wildman–Crippen LogP) is 2.64. The summed E-state index contributed by atoms with van der Waals surface area (Å²) in [5, 5.41) is 34.0. The molecular weight excluding hydrogens is 434 g/mol. The molecule has 0 saturated heterocycles. The Hall–Kier alpha value is -3.49. The van der Waals surface area contributed by atoms with Gasteiger partial charge in [0.2, 0.25) is 0 Å². The van der Waals surface area contributed by atoms with Crippen molar-refractivity contribution in [3.05, 3.63) is 101 Å². The Morgan fingerprint density at radius 3 is 1.76 bits per heavy atom. The molecule has 7 heteroatoms. The monoisotopic (exact) mass is 463 g/mol. The summed E-state index contributed by atoms with van der Waals surface area (Å²) >= 11 is 0. The van der Waals surface area contributed by atoms with Crippen molar-refractivity contribution in [2.45, 2.75) is 6.92 Å². The molecule has 0 spiro atoms. The summed E-state index contributed by atoms with van der Waals surface area (Å²) in [6.07, 6.45) is 0. The Morgan fingerprint density at radius 2 is 1.29 bits per heavy atom. The van der Waals surface area contributed by atoms with Crippen LogP contribution >= 0.6 is 0 Å². The van der Waals surface area contributed by atoms with E-state index in [2.05, 4.69) is 5.48 Å². The average Bonchev–Trinajstić information content (AvgIpc) is 2.90. The zero-order chi connectivity index (χ0) is 24.6. The van der Waals surface area contributed by atoms with Crippen molar-refractivity contribution in [2.24, 2.45) is 5.41 Å². The number of hydroxylamine groups is 1. The van der Waals surface area contributed by atoms with E-state index in [0.29, 0.717) is 11.3 Å². The van der Waals surface area contributed by atoms with Crippen LogP contribution in [0.25, 0.3) is 11.3 Å². The number of Topliss-reactive ketones (excluding diaryl/α,β-unsaturated/α-hetero) is 1. The van der Waals surface area contributed by atoms with Gasteiger partial charge >= 0.3 is 0 Å². The molecule has 1 heterocycles. The highest BCUT2D eigenvalue weighted by Gasteiger charge is 2.27. The van der Waals surface area contributed by atoms with Crippen molar-refractivity contribution >= 4 is 17.1 Å². The van der Waals surface area contributed by atoms with Crippen molar-refractivity contribution in [1.29, 1.82) is 0 Å². The van der Waals surface area contributed by atoms with Crippen LogP contribution in [0.2, 0.25) is 0 Å². The zero-order valence-corrected chi connectivity index (χ0v) is 18.9. The lowest BCUT2D eigenvalue weighted by Crippen LogP contribution is -2.37. The van der Waals surface area contributed by atoms with Gasteiger partial charge in [0.15, 0.2) is 11.5 Å². The first-order chi connectivity index (χ1) is 16.5. The molecule has 0 amide bonds. The van der Waals surface area contributed by atoms with Crippen LogP contribution in [0.5, 0.6) is 5.75 Å². The van der Waals surface area contributed by atoms with E-state index in [1.165, 1.54) is 0 Å². The normalized spacial score (nSPS) is 12.6. The molecule has 3 aromatic carbocycles. The van der Waals surface area contributed by atoms with E-state index in [1.807, 2.05) is 78.9 Å². The van der Waals surface area contributed by atoms with Crippen LogP contribution in [-0.2, 0) is 0 Å². The molecule has 0 aromatic heterocycles. The lowest BCUT2D eigenvalue weighted by molar-refractivity contribution is -0.0328. The van der Waals surface area contributed by atoms with E-state index in [0.717, 1.165) is 28.0 Å². The second-order valence-electron chi connectivity index (χ2n) is 8.05. The smallest absolute Gasteiger partial charge is 0.163 e. The molecule has 1 aliphatic rings. The molecule has 0 radical (unpaired) electrons. The summed E-state index contributed by atoms with van der Waals surface area (Å²) in [4.78, 5) is 18.0. The van der Waals surface area contributed by atoms with Crippen molar-refractivity contribution in [2.75, 3.05) is 26.4 Å². The number of ketones is 1. The van der Waals surface area contributed by atoms with Gasteiger partial charge < -0.3 is 25.3 Å². The molecule has 178 valence electrons. The fourth-order valence-electron chi connectivity index (χ4n) is 3.45. The van der Waals surface area contributed by atoms with Crippen LogP contribution in [0, 0.1) is 5.41 Å². The van der Waals surface area contributed by atoms with Gasteiger partial charge in [-0.2, -0.15) is 0 Å². The molecular formula is C27H29NO6.